The second kappa shape index (κ2) is 9.56. The number of hydrogen-bond donors (Lipinski definition) is 2. The van der Waals surface area contributed by atoms with Gasteiger partial charge in [-0.1, -0.05) is 17.7 Å². The van der Waals surface area contributed by atoms with Crippen molar-refractivity contribution in [2.45, 2.75) is 25.6 Å². The number of methoxy groups -OCH3 is 1. The van der Waals surface area contributed by atoms with Crippen LogP contribution in [0.5, 0.6) is 11.5 Å². The molecule has 152 valence electrons. The Morgan fingerprint density at radius 1 is 1.14 bits per heavy atom. The number of benzene rings is 2. The molecule has 1 atom stereocenters. The van der Waals surface area contributed by atoms with E-state index in [4.69, 9.17) is 16.3 Å². The van der Waals surface area contributed by atoms with E-state index >= 15 is 0 Å². The Morgan fingerprint density at radius 2 is 1.96 bits per heavy atom. The Balaban J connectivity index is 1.68. The highest BCUT2D eigenvalue weighted by Gasteiger charge is 2.27. The van der Waals surface area contributed by atoms with Crippen LogP contribution in [0.4, 0.5) is 4.39 Å². The third kappa shape index (κ3) is 5.14. The van der Waals surface area contributed by atoms with Gasteiger partial charge in [-0.3, -0.25) is 9.80 Å². The van der Waals surface area contributed by atoms with Gasteiger partial charge in [0.05, 0.1) is 7.11 Å². The Hall–Kier alpha value is -1.86. The molecule has 0 aliphatic carbocycles. The van der Waals surface area contributed by atoms with E-state index in [9.17, 15) is 14.6 Å². The largest absolute Gasteiger partial charge is 0.508 e. The summed E-state index contributed by atoms with van der Waals surface area (Å²) >= 11 is 6.05. The summed E-state index contributed by atoms with van der Waals surface area (Å²) in [5, 5.41) is 20.1. The number of hydrogen-bond acceptors (Lipinski definition) is 5. The first kappa shape index (κ1) is 20.9. The van der Waals surface area contributed by atoms with Crippen LogP contribution in [0, 0.1) is 5.82 Å². The lowest BCUT2D eigenvalue weighted by molar-refractivity contribution is 0.0489. The summed E-state index contributed by atoms with van der Waals surface area (Å²) in [5.41, 5.74) is 1.40. The number of rotatable bonds is 7. The molecule has 1 fully saturated rings. The molecule has 2 aromatic rings. The summed E-state index contributed by atoms with van der Waals surface area (Å²) < 4.78 is 19.4. The average Bonchev–Trinajstić information content (AvgIpc) is 2.68. The molecule has 2 N–H and O–H groups in total. The number of halogens is 2. The van der Waals surface area contributed by atoms with E-state index in [2.05, 4.69) is 9.80 Å². The highest BCUT2D eigenvalue weighted by molar-refractivity contribution is 6.30. The lowest BCUT2D eigenvalue weighted by atomic mass is 10.1. The Labute approximate surface area is 169 Å². The molecule has 2 aromatic carbocycles. The smallest absolute Gasteiger partial charge is 0.131 e. The van der Waals surface area contributed by atoms with Crippen LogP contribution >= 0.6 is 11.6 Å². The van der Waals surface area contributed by atoms with E-state index in [1.807, 2.05) is 0 Å². The third-order valence-electron chi connectivity index (χ3n) is 5.22. The van der Waals surface area contributed by atoms with Crippen molar-refractivity contribution in [3.8, 4) is 11.5 Å². The number of phenolic OH excluding ortho intramolecular Hbond substituents is 1. The minimum Gasteiger partial charge on any atom is -0.508 e. The number of aliphatic hydroxyl groups is 1. The van der Waals surface area contributed by atoms with Gasteiger partial charge < -0.3 is 14.9 Å². The average molecular weight is 409 g/mol. The lowest BCUT2D eigenvalue weighted by Gasteiger charge is -2.41. The molecule has 1 aliphatic rings. The Morgan fingerprint density at radius 3 is 2.68 bits per heavy atom. The zero-order valence-electron chi connectivity index (χ0n) is 15.9. The summed E-state index contributed by atoms with van der Waals surface area (Å²) in [5.74, 6) is 0.443. The molecular weight excluding hydrogens is 383 g/mol. The predicted octanol–water partition coefficient (Wildman–Crippen LogP) is 3.26. The van der Waals surface area contributed by atoms with Crippen LogP contribution in [0.25, 0.3) is 0 Å². The van der Waals surface area contributed by atoms with Crippen LogP contribution in [-0.2, 0) is 13.1 Å². The quantitative estimate of drug-likeness (QED) is 0.736. The summed E-state index contributed by atoms with van der Waals surface area (Å²) in [4.78, 5) is 4.43. The van der Waals surface area contributed by atoms with E-state index < -0.39 is 0 Å². The van der Waals surface area contributed by atoms with Gasteiger partial charge in [0.2, 0.25) is 0 Å². The molecule has 0 bridgehead atoms. The van der Waals surface area contributed by atoms with Gasteiger partial charge in [-0.2, -0.15) is 0 Å². The number of phenols is 1. The van der Waals surface area contributed by atoms with Crippen molar-refractivity contribution < 1.29 is 19.3 Å². The molecule has 28 heavy (non-hydrogen) atoms. The van der Waals surface area contributed by atoms with Gasteiger partial charge in [-0.15, -0.1) is 0 Å². The van der Waals surface area contributed by atoms with Gasteiger partial charge in [-0.25, -0.2) is 4.39 Å². The number of nitrogens with zero attached hydrogens (tertiary/aromatic N) is 2. The molecule has 1 saturated heterocycles. The van der Waals surface area contributed by atoms with Gasteiger partial charge in [0.25, 0.3) is 0 Å². The van der Waals surface area contributed by atoms with Gasteiger partial charge in [0, 0.05) is 67.6 Å². The summed E-state index contributed by atoms with van der Waals surface area (Å²) in [6, 6.07) is 10.0. The third-order valence-corrected chi connectivity index (χ3v) is 5.46. The molecule has 1 unspecified atom stereocenters. The van der Waals surface area contributed by atoms with Crippen molar-refractivity contribution >= 4 is 11.6 Å². The monoisotopic (exact) mass is 408 g/mol. The molecular formula is C21H26ClFN2O3. The normalized spacial score (nSPS) is 18.4. The molecule has 0 radical (unpaired) electrons. The van der Waals surface area contributed by atoms with E-state index in [1.54, 1.807) is 30.3 Å². The second-order valence-corrected chi connectivity index (χ2v) is 7.54. The van der Waals surface area contributed by atoms with Crippen molar-refractivity contribution in [3.63, 3.8) is 0 Å². The fourth-order valence-corrected chi connectivity index (χ4v) is 3.85. The zero-order valence-corrected chi connectivity index (χ0v) is 16.7. The topological polar surface area (TPSA) is 56.2 Å². The molecule has 5 nitrogen and oxygen atoms in total. The maximum atomic E-state index is 14.3. The van der Waals surface area contributed by atoms with E-state index in [0.29, 0.717) is 35.8 Å². The van der Waals surface area contributed by atoms with Gasteiger partial charge in [0.1, 0.15) is 17.3 Å². The summed E-state index contributed by atoms with van der Waals surface area (Å²) in [6.07, 6.45) is 0.607. The fourth-order valence-electron chi connectivity index (χ4n) is 3.66. The van der Waals surface area contributed by atoms with E-state index in [-0.39, 0.29) is 24.2 Å². The minimum absolute atomic E-state index is 0.0719. The van der Waals surface area contributed by atoms with Crippen LogP contribution in [0.3, 0.4) is 0 Å². The molecule has 0 saturated carbocycles. The van der Waals surface area contributed by atoms with Crippen LogP contribution in [0.1, 0.15) is 17.5 Å². The van der Waals surface area contributed by atoms with Crippen LogP contribution in [0.2, 0.25) is 5.02 Å². The highest BCUT2D eigenvalue weighted by atomic mass is 35.5. The predicted molar refractivity (Wildman–Crippen MR) is 107 cm³/mol. The molecule has 7 heteroatoms. The highest BCUT2D eigenvalue weighted by Crippen LogP contribution is 2.26. The maximum absolute atomic E-state index is 14.3. The van der Waals surface area contributed by atoms with Crippen molar-refractivity contribution in [1.29, 1.82) is 0 Å². The van der Waals surface area contributed by atoms with Crippen LogP contribution in [-0.4, -0.2) is 59.4 Å². The summed E-state index contributed by atoms with van der Waals surface area (Å²) in [7, 11) is 1.52. The Kier molecular flexibility index (Phi) is 7.13. The standard InChI is InChI=1S/C21H26ClFN2O3/c1-28-19-4-2-15(20(23)11-19)13-25-8-7-24(14-18(25)6-9-26)12-16-10-17(22)3-5-21(16)27/h2-5,10-11,18,26-27H,6-9,12-14H2,1H3. The van der Waals surface area contributed by atoms with Crippen molar-refractivity contribution in [2.24, 2.45) is 0 Å². The molecule has 1 heterocycles. The summed E-state index contributed by atoms with van der Waals surface area (Å²) in [6.45, 7) is 3.39. The minimum atomic E-state index is -0.284. The number of ether oxygens (including phenoxy) is 1. The number of aromatic hydroxyl groups is 1. The first-order valence-corrected chi connectivity index (χ1v) is 9.75. The molecule has 1 aliphatic heterocycles. The number of piperazine rings is 1. The first-order chi connectivity index (χ1) is 13.5. The SMILES string of the molecule is COc1ccc(CN2CCN(Cc3cc(Cl)ccc3O)CC2CCO)c(F)c1. The van der Waals surface area contributed by atoms with Gasteiger partial charge in [-0.05, 0) is 30.7 Å². The fraction of sp³-hybridized carbons (Fsp3) is 0.429. The zero-order chi connectivity index (χ0) is 20.1. The maximum Gasteiger partial charge on any atom is 0.131 e. The molecule has 0 spiro atoms. The van der Waals surface area contributed by atoms with Crippen molar-refractivity contribution in [3.05, 3.63) is 58.4 Å². The lowest BCUT2D eigenvalue weighted by Crippen LogP contribution is -2.52. The number of aliphatic hydroxyl groups excluding tert-OH is 1. The van der Waals surface area contributed by atoms with Crippen molar-refractivity contribution in [2.75, 3.05) is 33.4 Å². The van der Waals surface area contributed by atoms with E-state index in [0.717, 1.165) is 25.2 Å². The van der Waals surface area contributed by atoms with E-state index in [1.165, 1.54) is 13.2 Å². The Bertz CT molecular complexity index is 805. The van der Waals surface area contributed by atoms with Gasteiger partial charge in [0.15, 0.2) is 0 Å². The van der Waals surface area contributed by atoms with Crippen LogP contribution in [0.15, 0.2) is 36.4 Å². The first-order valence-electron chi connectivity index (χ1n) is 9.37. The van der Waals surface area contributed by atoms with Gasteiger partial charge >= 0.3 is 0 Å². The van der Waals surface area contributed by atoms with Crippen LogP contribution < -0.4 is 4.74 Å². The molecule has 0 amide bonds. The molecule has 0 aromatic heterocycles. The second-order valence-electron chi connectivity index (χ2n) is 7.10. The van der Waals surface area contributed by atoms with Crippen molar-refractivity contribution in [1.82, 2.24) is 9.80 Å². The molecule has 3 rings (SSSR count).